The van der Waals surface area contributed by atoms with Gasteiger partial charge in [0, 0.05) is 46.2 Å². The lowest BCUT2D eigenvalue weighted by atomic mass is 10.3. The average molecular weight is 256 g/mol. The Labute approximate surface area is 106 Å². The molecule has 3 amide bonds. The Balaban J connectivity index is 2.24. The molecule has 1 aliphatic heterocycles. The van der Waals surface area contributed by atoms with Crippen molar-refractivity contribution in [2.24, 2.45) is 0 Å². The molecule has 0 spiro atoms. The van der Waals surface area contributed by atoms with Crippen LogP contribution in [0.15, 0.2) is 0 Å². The summed E-state index contributed by atoms with van der Waals surface area (Å²) >= 11 is 0. The Kier molecular flexibility index (Phi) is 5.57. The monoisotopic (exact) mass is 256 g/mol. The summed E-state index contributed by atoms with van der Waals surface area (Å²) in [5.74, 6) is -1.26. The first-order chi connectivity index (χ1) is 8.50. The van der Waals surface area contributed by atoms with Crippen molar-refractivity contribution < 1.29 is 14.4 Å². The third-order valence-electron chi connectivity index (χ3n) is 2.77. The highest BCUT2D eigenvalue weighted by Crippen LogP contribution is 1.99. The van der Waals surface area contributed by atoms with Crippen LogP contribution >= 0.6 is 0 Å². The van der Waals surface area contributed by atoms with Crippen LogP contribution in [0.5, 0.6) is 0 Å². The highest BCUT2D eigenvalue weighted by Gasteiger charge is 2.24. The molecule has 18 heavy (non-hydrogen) atoms. The van der Waals surface area contributed by atoms with E-state index in [0.29, 0.717) is 19.6 Å². The zero-order valence-electron chi connectivity index (χ0n) is 10.9. The van der Waals surface area contributed by atoms with Crippen LogP contribution in [-0.4, -0.2) is 73.8 Å². The molecule has 1 rings (SSSR count). The Bertz CT molecular complexity index is 324. The number of nitrogens with one attached hydrogen (secondary N) is 2. The molecule has 0 radical (unpaired) electrons. The van der Waals surface area contributed by atoms with E-state index in [-0.39, 0.29) is 12.5 Å². The molecule has 0 aromatic rings. The number of nitrogens with zero attached hydrogens (tertiary/aromatic N) is 2. The van der Waals surface area contributed by atoms with E-state index >= 15 is 0 Å². The lowest BCUT2D eigenvalue weighted by molar-refractivity contribution is -0.146. The average Bonchev–Trinajstić information content (AvgIpc) is 2.34. The summed E-state index contributed by atoms with van der Waals surface area (Å²) in [5.41, 5.74) is 0. The quantitative estimate of drug-likeness (QED) is 0.452. The van der Waals surface area contributed by atoms with Crippen molar-refractivity contribution >= 4 is 17.7 Å². The number of carbonyl (C=O) groups is 3. The number of likely N-dealkylation sites (N-methyl/N-ethyl adjacent to an activating group) is 1. The molecule has 0 bridgehead atoms. The van der Waals surface area contributed by atoms with Crippen LogP contribution in [-0.2, 0) is 14.4 Å². The van der Waals surface area contributed by atoms with E-state index in [1.54, 1.807) is 4.90 Å². The summed E-state index contributed by atoms with van der Waals surface area (Å²) < 4.78 is 0. The predicted molar refractivity (Wildman–Crippen MR) is 65.8 cm³/mol. The zero-order chi connectivity index (χ0) is 13.5. The number of amides is 3. The van der Waals surface area contributed by atoms with Gasteiger partial charge >= 0.3 is 11.8 Å². The first-order valence-corrected chi connectivity index (χ1v) is 6.01. The van der Waals surface area contributed by atoms with Crippen LogP contribution < -0.4 is 10.6 Å². The molecule has 7 heteroatoms. The molecule has 2 N–H and O–H groups in total. The van der Waals surface area contributed by atoms with E-state index in [2.05, 4.69) is 15.5 Å². The molecule has 0 aromatic heterocycles. The van der Waals surface area contributed by atoms with Crippen molar-refractivity contribution in [2.75, 3.05) is 46.3 Å². The lowest BCUT2D eigenvalue weighted by Crippen LogP contribution is -2.52. The maximum atomic E-state index is 11.7. The van der Waals surface area contributed by atoms with Crippen molar-refractivity contribution in [3.05, 3.63) is 0 Å². The van der Waals surface area contributed by atoms with Gasteiger partial charge in [0.15, 0.2) is 0 Å². The van der Waals surface area contributed by atoms with Gasteiger partial charge in [-0.3, -0.25) is 14.4 Å². The molecule has 0 atom stereocenters. The van der Waals surface area contributed by atoms with Gasteiger partial charge < -0.3 is 20.4 Å². The van der Waals surface area contributed by atoms with Crippen molar-refractivity contribution in [1.82, 2.24) is 20.4 Å². The fourth-order valence-corrected chi connectivity index (χ4v) is 1.64. The van der Waals surface area contributed by atoms with Gasteiger partial charge in [-0.25, -0.2) is 0 Å². The van der Waals surface area contributed by atoms with E-state index < -0.39 is 11.8 Å². The van der Waals surface area contributed by atoms with Crippen molar-refractivity contribution in [2.45, 2.75) is 6.92 Å². The number of rotatable bonds is 3. The molecule has 1 saturated heterocycles. The summed E-state index contributed by atoms with van der Waals surface area (Å²) in [6.45, 7) is 4.71. The topological polar surface area (TPSA) is 81.8 Å². The number of hydrogen-bond donors (Lipinski definition) is 2. The summed E-state index contributed by atoms with van der Waals surface area (Å²) in [7, 11) is 1.98. The molecule has 0 saturated carbocycles. The highest BCUT2D eigenvalue weighted by molar-refractivity contribution is 6.35. The molecule has 0 aliphatic carbocycles. The van der Waals surface area contributed by atoms with Gasteiger partial charge in [0.05, 0.1) is 0 Å². The summed E-state index contributed by atoms with van der Waals surface area (Å²) in [6.07, 6.45) is 0. The number of piperazine rings is 1. The second-order valence-corrected chi connectivity index (χ2v) is 4.33. The minimum Gasteiger partial charge on any atom is -0.355 e. The Morgan fingerprint density at radius 3 is 2.11 bits per heavy atom. The van der Waals surface area contributed by atoms with E-state index in [1.807, 2.05) is 7.05 Å². The lowest BCUT2D eigenvalue weighted by Gasteiger charge is -2.31. The normalized spacial score (nSPS) is 16.2. The predicted octanol–water partition coefficient (Wildman–Crippen LogP) is -1.99. The Morgan fingerprint density at radius 1 is 1.00 bits per heavy atom. The second-order valence-electron chi connectivity index (χ2n) is 4.33. The van der Waals surface area contributed by atoms with Crippen molar-refractivity contribution in [3.8, 4) is 0 Å². The molecular formula is C11H20N4O3. The second kappa shape index (κ2) is 6.95. The van der Waals surface area contributed by atoms with Gasteiger partial charge in [-0.05, 0) is 7.05 Å². The largest absolute Gasteiger partial charge is 0.355 e. The van der Waals surface area contributed by atoms with E-state index in [0.717, 1.165) is 13.1 Å². The molecule has 0 aromatic carbocycles. The van der Waals surface area contributed by atoms with Crippen molar-refractivity contribution in [1.29, 1.82) is 0 Å². The minimum absolute atomic E-state index is 0.158. The van der Waals surface area contributed by atoms with Gasteiger partial charge in [-0.15, -0.1) is 0 Å². The summed E-state index contributed by atoms with van der Waals surface area (Å²) in [5, 5.41) is 5.03. The van der Waals surface area contributed by atoms with E-state index in [4.69, 9.17) is 0 Å². The number of carbonyl (C=O) groups excluding carboxylic acids is 3. The summed E-state index contributed by atoms with van der Waals surface area (Å²) in [4.78, 5) is 37.5. The third kappa shape index (κ3) is 4.70. The molecule has 1 fully saturated rings. The van der Waals surface area contributed by atoms with Gasteiger partial charge in [-0.1, -0.05) is 0 Å². The molecule has 1 aliphatic rings. The Hall–Kier alpha value is -1.63. The van der Waals surface area contributed by atoms with Gasteiger partial charge in [0.1, 0.15) is 0 Å². The molecule has 0 unspecified atom stereocenters. The van der Waals surface area contributed by atoms with Gasteiger partial charge in [-0.2, -0.15) is 0 Å². The maximum absolute atomic E-state index is 11.7. The third-order valence-corrected chi connectivity index (χ3v) is 2.77. The first kappa shape index (κ1) is 14.4. The standard InChI is InChI=1S/C11H20N4O3/c1-9(16)12-3-4-13-10(17)11(18)15-7-5-14(2)6-8-15/h3-8H2,1-2H3,(H,12,16)(H,13,17). The molecular weight excluding hydrogens is 236 g/mol. The fraction of sp³-hybridized carbons (Fsp3) is 0.727. The van der Waals surface area contributed by atoms with Crippen LogP contribution in [0.2, 0.25) is 0 Å². The number of hydrogen-bond acceptors (Lipinski definition) is 4. The smallest absolute Gasteiger partial charge is 0.311 e. The van der Waals surface area contributed by atoms with Gasteiger partial charge in [0.25, 0.3) is 0 Å². The first-order valence-electron chi connectivity index (χ1n) is 6.01. The molecule has 7 nitrogen and oxygen atoms in total. The van der Waals surface area contributed by atoms with E-state index in [9.17, 15) is 14.4 Å². The highest BCUT2D eigenvalue weighted by atomic mass is 16.2. The van der Waals surface area contributed by atoms with Crippen LogP contribution in [0.4, 0.5) is 0 Å². The van der Waals surface area contributed by atoms with Crippen LogP contribution in [0.25, 0.3) is 0 Å². The van der Waals surface area contributed by atoms with Crippen LogP contribution in [0.3, 0.4) is 0 Å². The Morgan fingerprint density at radius 2 is 1.56 bits per heavy atom. The van der Waals surface area contributed by atoms with Gasteiger partial charge in [0.2, 0.25) is 5.91 Å². The van der Waals surface area contributed by atoms with Crippen molar-refractivity contribution in [3.63, 3.8) is 0 Å². The van der Waals surface area contributed by atoms with E-state index in [1.165, 1.54) is 6.92 Å². The zero-order valence-corrected chi connectivity index (χ0v) is 10.9. The molecule has 102 valence electrons. The minimum atomic E-state index is -0.607. The summed E-state index contributed by atoms with van der Waals surface area (Å²) in [6, 6.07) is 0. The van der Waals surface area contributed by atoms with Crippen LogP contribution in [0.1, 0.15) is 6.92 Å². The SMILES string of the molecule is CC(=O)NCCNC(=O)C(=O)N1CCN(C)CC1. The molecule has 1 heterocycles. The maximum Gasteiger partial charge on any atom is 0.311 e. The fourth-order valence-electron chi connectivity index (χ4n) is 1.64. The van der Waals surface area contributed by atoms with Crippen LogP contribution in [0, 0.1) is 0 Å².